The Bertz CT molecular complexity index is 187. The van der Waals surface area contributed by atoms with Crippen LogP contribution < -0.4 is 0 Å². The van der Waals surface area contributed by atoms with Crippen LogP contribution in [0.3, 0.4) is 0 Å². The molecule has 0 aromatic heterocycles. The second-order valence-corrected chi connectivity index (χ2v) is 5.30. The van der Waals surface area contributed by atoms with Crippen LogP contribution in [-0.2, 0) is 0 Å². The highest BCUT2D eigenvalue weighted by molar-refractivity contribution is 4.87. The van der Waals surface area contributed by atoms with Gasteiger partial charge in [-0.1, -0.05) is 13.3 Å². The van der Waals surface area contributed by atoms with Crippen molar-refractivity contribution in [3.05, 3.63) is 0 Å². The van der Waals surface area contributed by atoms with Crippen molar-refractivity contribution < 1.29 is 5.11 Å². The number of nitrogens with zero attached hydrogens (tertiary/aromatic N) is 1. The lowest BCUT2D eigenvalue weighted by atomic mass is 9.84. The number of hydrogen-bond acceptors (Lipinski definition) is 2. The van der Waals surface area contributed by atoms with E-state index in [1.807, 2.05) is 0 Å². The molecule has 0 amide bonds. The minimum atomic E-state index is 0.369. The highest BCUT2D eigenvalue weighted by atomic mass is 16.3. The minimum Gasteiger partial charge on any atom is -0.395 e. The lowest BCUT2D eigenvalue weighted by Crippen LogP contribution is -2.42. The monoisotopic (exact) mass is 211 g/mol. The molecular weight excluding hydrogens is 186 g/mol. The first-order valence-corrected chi connectivity index (χ1v) is 6.71. The number of aliphatic hydroxyl groups excluding tert-OH is 1. The normalized spacial score (nSPS) is 38.4. The van der Waals surface area contributed by atoms with Gasteiger partial charge in [0.2, 0.25) is 0 Å². The minimum absolute atomic E-state index is 0.369. The first-order valence-electron chi connectivity index (χ1n) is 6.71. The third-order valence-electron chi connectivity index (χ3n) is 4.50. The van der Waals surface area contributed by atoms with Crippen LogP contribution in [0.1, 0.15) is 51.9 Å². The van der Waals surface area contributed by atoms with Crippen molar-refractivity contribution in [3.8, 4) is 0 Å². The van der Waals surface area contributed by atoms with Crippen LogP contribution in [0.2, 0.25) is 0 Å². The molecular formula is C13H25NO. The van der Waals surface area contributed by atoms with E-state index < -0.39 is 0 Å². The van der Waals surface area contributed by atoms with E-state index in [0.29, 0.717) is 12.6 Å². The first-order chi connectivity index (χ1) is 7.35. The largest absolute Gasteiger partial charge is 0.395 e. The highest BCUT2D eigenvalue weighted by Crippen LogP contribution is 2.32. The summed E-state index contributed by atoms with van der Waals surface area (Å²) in [6.45, 7) is 3.91. The maximum Gasteiger partial charge on any atom is 0.0586 e. The maximum atomic E-state index is 9.32. The molecule has 2 aliphatic rings. The molecule has 1 saturated carbocycles. The van der Waals surface area contributed by atoms with Crippen molar-refractivity contribution in [2.24, 2.45) is 5.92 Å². The summed E-state index contributed by atoms with van der Waals surface area (Å²) in [7, 11) is 0. The average molecular weight is 211 g/mol. The van der Waals surface area contributed by atoms with E-state index >= 15 is 0 Å². The molecule has 2 nitrogen and oxygen atoms in total. The van der Waals surface area contributed by atoms with Crippen LogP contribution in [0.15, 0.2) is 0 Å². The SMILES string of the molecule is CCC1CCC(N2CCCC2CO)CC1. The first kappa shape index (κ1) is 11.4. The molecule has 0 aromatic rings. The number of aliphatic hydroxyl groups is 1. The van der Waals surface area contributed by atoms with Crippen molar-refractivity contribution in [1.29, 1.82) is 0 Å². The van der Waals surface area contributed by atoms with E-state index in [2.05, 4.69) is 11.8 Å². The van der Waals surface area contributed by atoms with Crippen LogP contribution in [0.25, 0.3) is 0 Å². The quantitative estimate of drug-likeness (QED) is 0.775. The molecule has 1 saturated heterocycles. The summed E-state index contributed by atoms with van der Waals surface area (Å²) in [4.78, 5) is 2.59. The molecule has 0 bridgehead atoms. The van der Waals surface area contributed by atoms with Crippen LogP contribution in [0, 0.1) is 5.92 Å². The van der Waals surface area contributed by atoms with Crippen LogP contribution in [0.4, 0.5) is 0 Å². The van der Waals surface area contributed by atoms with Gasteiger partial charge in [-0.3, -0.25) is 4.90 Å². The van der Waals surface area contributed by atoms with E-state index in [1.165, 1.54) is 51.5 Å². The third kappa shape index (κ3) is 2.54. The molecule has 1 heterocycles. The summed E-state index contributed by atoms with van der Waals surface area (Å²) >= 11 is 0. The van der Waals surface area contributed by atoms with E-state index in [-0.39, 0.29) is 0 Å². The molecule has 15 heavy (non-hydrogen) atoms. The Balaban J connectivity index is 1.84. The summed E-state index contributed by atoms with van der Waals surface area (Å²) < 4.78 is 0. The summed E-state index contributed by atoms with van der Waals surface area (Å²) in [6.07, 6.45) is 9.43. The Morgan fingerprint density at radius 3 is 2.47 bits per heavy atom. The second kappa shape index (κ2) is 5.31. The molecule has 2 rings (SSSR count). The van der Waals surface area contributed by atoms with Crippen LogP contribution in [-0.4, -0.2) is 35.2 Å². The molecule has 2 heteroatoms. The zero-order valence-electron chi connectivity index (χ0n) is 9.99. The molecule has 1 unspecified atom stereocenters. The Morgan fingerprint density at radius 2 is 1.87 bits per heavy atom. The molecule has 0 radical (unpaired) electrons. The van der Waals surface area contributed by atoms with Crippen molar-refractivity contribution in [2.45, 2.75) is 64.0 Å². The number of hydrogen-bond donors (Lipinski definition) is 1. The predicted octanol–water partition coefficient (Wildman–Crippen LogP) is 2.41. The molecule has 0 aromatic carbocycles. The zero-order valence-corrected chi connectivity index (χ0v) is 9.99. The van der Waals surface area contributed by atoms with E-state index in [0.717, 1.165) is 12.0 Å². The summed E-state index contributed by atoms with van der Waals surface area (Å²) in [6, 6.07) is 1.26. The standard InChI is InChI=1S/C13H25NO/c1-2-11-5-7-12(8-6-11)14-9-3-4-13(14)10-15/h11-13,15H,2-10H2,1H3. The van der Waals surface area contributed by atoms with Gasteiger partial charge in [0.25, 0.3) is 0 Å². The van der Waals surface area contributed by atoms with E-state index in [4.69, 9.17) is 0 Å². The van der Waals surface area contributed by atoms with Crippen LogP contribution >= 0.6 is 0 Å². The topological polar surface area (TPSA) is 23.5 Å². The smallest absolute Gasteiger partial charge is 0.0586 e. The average Bonchev–Trinajstić information content (AvgIpc) is 2.77. The predicted molar refractivity (Wildman–Crippen MR) is 62.9 cm³/mol. The molecule has 88 valence electrons. The van der Waals surface area contributed by atoms with E-state index in [9.17, 15) is 5.11 Å². The maximum absolute atomic E-state index is 9.32. The van der Waals surface area contributed by atoms with Gasteiger partial charge in [-0.05, 0) is 51.0 Å². The van der Waals surface area contributed by atoms with Crippen molar-refractivity contribution in [3.63, 3.8) is 0 Å². The van der Waals surface area contributed by atoms with Gasteiger partial charge in [0.1, 0.15) is 0 Å². The fourth-order valence-electron chi connectivity index (χ4n) is 3.42. The van der Waals surface area contributed by atoms with Crippen molar-refractivity contribution >= 4 is 0 Å². The molecule has 0 spiro atoms. The lowest BCUT2D eigenvalue weighted by Gasteiger charge is -2.37. The van der Waals surface area contributed by atoms with Crippen molar-refractivity contribution in [1.82, 2.24) is 4.90 Å². The molecule has 1 aliphatic carbocycles. The Morgan fingerprint density at radius 1 is 1.13 bits per heavy atom. The number of rotatable bonds is 3. The third-order valence-corrected chi connectivity index (χ3v) is 4.50. The van der Waals surface area contributed by atoms with Crippen LogP contribution in [0.5, 0.6) is 0 Å². The van der Waals surface area contributed by atoms with Gasteiger partial charge >= 0.3 is 0 Å². The van der Waals surface area contributed by atoms with Gasteiger partial charge in [-0.25, -0.2) is 0 Å². The molecule has 2 fully saturated rings. The lowest BCUT2D eigenvalue weighted by molar-refractivity contribution is 0.0870. The Labute approximate surface area is 93.7 Å². The molecule has 1 N–H and O–H groups in total. The summed E-state index contributed by atoms with van der Waals surface area (Å²) in [5.74, 6) is 0.983. The van der Waals surface area contributed by atoms with Gasteiger partial charge < -0.3 is 5.11 Å². The second-order valence-electron chi connectivity index (χ2n) is 5.30. The summed E-state index contributed by atoms with van der Waals surface area (Å²) in [5.41, 5.74) is 0. The Kier molecular flexibility index (Phi) is 4.04. The Hall–Kier alpha value is -0.0800. The fraction of sp³-hybridized carbons (Fsp3) is 1.00. The van der Waals surface area contributed by atoms with Gasteiger partial charge in [0, 0.05) is 12.1 Å². The van der Waals surface area contributed by atoms with E-state index in [1.54, 1.807) is 0 Å². The summed E-state index contributed by atoms with van der Waals surface area (Å²) in [5, 5.41) is 9.32. The van der Waals surface area contributed by atoms with Crippen molar-refractivity contribution in [2.75, 3.05) is 13.2 Å². The van der Waals surface area contributed by atoms with Gasteiger partial charge in [-0.2, -0.15) is 0 Å². The zero-order chi connectivity index (χ0) is 10.7. The van der Waals surface area contributed by atoms with Gasteiger partial charge in [-0.15, -0.1) is 0 Å². The highest BCUT2D eigenvalue weighted by Gasteiger charge is 2.32. The van der Waals surface area contributed by atoms with Gasteiger partial charge in [0.05, 0.1) is 6.61 Å². The van der Waals surface area contributed by atoms with Gasteiger partial charge in [0.15, 0.2) is 0 Å². The number of likely N-dealkylation sites (tertiary alicyclic amines) is 1. The fourth-order valence-corrected chi connectivity index (χ4v) is 3.42. The molecule has 1 atom stereocenters. The molecule has 1 aliphatic heterocycles.